The molecule has 0 aliphatic carbocycles. The average molecular weight is 369 g/mol. The van der Waals surface area contributed by atoms with Gasteiger partial charge in [0.25, 0.3) is 5.91 Å². The van der Waals surface area contributed by atoms with Crippen LogP contribution in [-0.2, 0) is 0 Å². The molecular formula is C19H17ClN4O2. The first-order valence-electron chi connectivity index (χ1n) is 7.87. The largest absolute Gasteiger partial charge is 0.497 e. The molecule has 0 saturated carbocycles. The zero-order valence-electron chi connectivity index (χ0n) is 14.3. The van der Waals surface area contributed by atoms with Crippen LogP contribution in [0.1, 0.15) is 23.0 Å². The Balaban J connectivity index is 1.71. The van der Waals surface area contributed by atoms with E-state index in [1.165, 1.54) is 0 Å². The molecule has 2 aromatic carbocycles. The van der Waals surface area contributed by atoms with Crippen LogP contribution in [-0.4, -0.2) is 28.9 Å². The number of hydrazone groups is 1. The van der Waals surface area contributed by atoms with Crippen LogP contribution in [0.5, 0.6) is 5.75 Å². The molecule has 0 fully saturated rings. The fraction of sp³-hybridized carbons (Fsp3) is 0.105. The molecule has 6 nitrogen and oxygen atoms in total. The predicted molar refractivity (Wildman–Crippen MR) is 102 cm³/mol. The number of ether oxygens (including phenoxy) is 1. The number of carbonyl (C=O) groups excluding carboxylic acids is 1. The van der Waals surface area contributed by atoms with Gasteiger partial charge >= 0.3 is 0 Å². The minimum atomic E-state index is -0.375. The molecule has 3 aromatic rings. The van der Waals surface area contributed by atoms with Crippen molar-refractivity contribution in [2.45, 2.75) is 6.92 Å². The summed E-state index contributed by atoms with van der Waals surface area (Å²) in [5.74, 6) is 0.351. The predicted octanol–water partition coefficient (Wildman–Crippen LogP) is 3.89. The lowest BCUT2D eigenvalue weighted by atomic mass is 10.1. The van der Waals surface area contributed by atoms with Gasteiger partial charge in [-0.2, -0.15) is 10.2 Å². The summed E-state index contributed by atoms with van der Waals surface area (Å²) < 4.78 is 5.19. The zero-order chi connectivity index (χ0) is 18.5. The van der Waals surface area contributed by atoms with Crippen molar-refractivity contribution in [3.63, 3.8) is 0 Å². The van der Waals surface area contributed by atoms with E-state index in [0.29, 0.717) is 22.1 Å². The monoisotopic (exact) mass is 368 g/mol. The summed E-state index contributed by atoms with van der Waals surface area (Å²) in [5.41, 5.74) is 5.88. The first kappa shape index (κ1) is 17.7. The maximum atomic E-state index is 12.3. The van der Waals surface area contributed by atoms with Gasteiger partial charge in [0.05, 0.1) is 18.5 Å². The molecule has 0 saturated heterocycles. The summed E-state index contributed by atoms with van der Waals surface area (Å²) in [6, 6.07) is 16.3. The van der Waals surface area contributed by atoms with Crippen molar-refractivity contribution in [1.29, 1.82) is 0 Å². The smallest absolute Gasteiger partial charge is 0.289 e. The standard InChI is InChI=1S/C19H17ClN4O2/c1-12(14-4-3-5-16(10-14)26-2)21-24-19(25)18-11-17(22-23-18)13-6-8-15(20)9-7-13/h3-11H,1-2H3,(H,22,23)(H,24,25). The Labute approximate surface area is 155 Å². The van der Waals surface area contributed by atoms with Gasteiger partial charge < -0.3 is 4.74 Å². The van der Waals surface area contributed by atoms with Crippen LogP contribution in [0.2, 0.25) is 5.02 Å². The Morgan fingerprint density at radius 2 is 1.96 bits per heavy atom. The highest BCUT2D eigenvalue weighted by molar-refractivity contribution is 6.30. The highest BCUT2D eigenvalue weighted by atomic mass is 35.5. The lowest BCUT2D eigenvalue weighted by Gasteiger charge is -2.04. The van der Waals surface area contributed by atoms with Crippen molar-refractivity contribution < 1.29 is 9.53 Å². The molecule has 26 heavy (non-hydrogen) atoms. The Morgan fingerprint density at radius 1 is 1.19 bits per heavy atom. The molecule has 1 amide bonds. The van der Waals surface area contributed by atoms with Gasteiger partial charge in [-0.1, -0.05) is 35.9 Å². The van der Waals surface area contributed by atoms with E-state index < -0.39 is 0 Å². The lowest BCUT2D eigenvalue weighted by Crippen LogP contribution is -2.19. The van der Waals surface area contributed by atoms with Gasteiger partial charge in [-0.3, -0.25) is 9.89 Å². The number of nitrogens with one attached hydrogen (secondary N) is 2. The number of nitrogens with zero attached hydrogens (tertiary/aromatic N) is 2. The highest BCUT2D eigenvalue weighted by Gasteiger charge is 2.11. The highest BCUT2D eigenvalue weighted by Crippen LogP contribution is 2.20. The summed E-state index contributed by atoms with van der Waals surface area (Å²) in [6.07, 6.45) is 0. The van der Waals surface area contributed by atoms with Gasteiger partial charge in [0.2, 0.25) is 0 Å². The number of H-pyrrole nitrogens is 1. The van der Waals surface area contributed by atoms with Crippen molar-refractivity contribution in [2.24, 2.45) is 5.10 Å². The van der Waals surface area contributed by atoms with E-state index >= 15 is 0 Å². The minimum absolute atomic E-state index is 0.317. The first-order chi connectivity index (χ1) is 12.6. The third kappa shape index (κ3) is 4.10. The number of aromatic amines is 1. The minimum Gasteiger partial charge on any atom is -0.497 e. The van der Waals surface area contributed by atoms with Crippen molar-refractivity contribution in [3.8, 4) is 17.0 Å². The molecule has 7 heteroatoms. The third-order valence-corrected chi connectivity index (χ3v) is 4.03. The van der Waals surface area contributed by atoms with Gasteiger partial charge in [0, 0.05) is 16.1 Å². The Bertz CT molecular complexity index is 948. The number of amides is 1. The molecule has 132 valence electrons. The van der Waals surface area contributed by atoms with Gasteiger partial charge in [-0.05, 0) is 37.3 Å². The number of benzene rings is 2. The molecule has 0 unspecified atom stereocenters. The summed E-state index contributed by atoms with van der Waals surface area (Å²) in [6.45, 7) is 1.81. The molecule has 2 N–H and O–H groups in total. The molecule has 0 aliphatic heterocycles. The van der Waals surface area contributed by atoms with E-state index in [1.807, 2.05) is 36.4 Å². The van der Waals surface area contributed by atoms with Gasteiger partial charge in [-0.25, -0.2) is 5.43 Å². The van der Waals surface area contributed by atoms with E-state index in [1.54, 1.807) is 32.2 Å². The van der Waals surface area contributed by atoms with Gasteiger partial charge in [0.15, 0.2) is 0 Å². The van der Waals surface area contributed by atoms with Crippen molar-refractivity contribution >= 4 is 23.2 Å². The fourth-order valence-electron chi connectivity index (χ4n) is 2.31. The lowest BCUT2D eigenvalue weighted by molar-refractivity contribution is 0.0950. The van der Waals surface area contributed by atoms with Crippen LogP contribution in [0.3, 0.4) is 0 Å². The Kier molecular flexibility index (Phi) is 5.34. The number of hydrogen-bond acceptors (Lipinski definition) is 4. The molecular weight excluding hydrogens is 352 g/mol. The SMILES string of the molecule is COc1cccc(C(C)=NNC(=O)c2cc(-c3ccc(Cl)cc3)n[nH]2)c1. The fourth-order valence-corrected chi connectivity index (χ4v) is 2.44. The molecule has 3 rings (SSSR count). The van der Waals surface area contributed by atoms with E-state index in [9.17, 15) is 4.79 Å². The number of carbonyl (C=O) groups is 1. The van der Waals surface area contributed by atoms with Crippen LogP contribution >= 0.6 is 11.6 Å². The van der Waals surface area contributed by atoms with Crippen LogP contribution < -0.4 is 10.2 Å². The first-order valence-corrected chi connectivity index (χ1v) is 8.25. The Morgan fingerprint density at radius 3 is 2.69 bits per heavy atom. The van der Waals surface area contributed by atoms with E-state index in [-0.39, 0.29) is 5.91 Å². The van der Waals surface area contributed by atoms with Crippen molar-refractivity contribution in [3.05, 3.63) is 70.9 Å². The summed E-state index contributed by atoms with van der Waals surface area (Å²) in [7, 11) is 1.60. The number of hydrogen-bond donors (Lipinski definition) is 2. The zero-order valence-corrected chi connectivity index (χ0v) is 15.0. The summed E-state index contributed by atoms with van der Waals surface area (Å²) in [5, 5.41) is 11.6. The van der Waals surface area contributed by atoms with Crippen LogP contribution in [0, 0.1) is 0 Å². The molecule has 0 atom stereocenters. The topological polar surface area (TPSA) is 79.4 Å². The quantitative estimate of drug-likeness (QED) is 0.529. The molecule has 0 spiro atoms. The van der Waals surface area contributed by atoms with Crippen LogP contribution in [0.25, 0.3) is 11.3 Å². The third-order valence-electron chi connectivity index (χ3n) is 3.78. The molecule has 0 aliphatic rings. The normalized spacial score (nSPS) is 11.3. The summed E-state index contributed by atoms with van der Waals surface area (Å²) in [4.78, 5) is 12.3. The molecule has 1 heterocycles. The average Bonchev–Trinajstić information content (AvgIpc) is 3.16. The maximum Gasteiger partial charge on any atom is 0.289 e. The maximum absolute atomic E-state index is 12.3. The number of methoxy groups -OCH3 is 1. The van der Waals surface area contributed by atoms with Crippen molar-refractivity contribution in [2.75, 3.05) is 7.11 Å². The molecule has 0 bridgehead atoms. The Hall–Kier alpha value is -3.12. The number of halogens is 1. The second-order valence-corrected chi connectivity index (χ2v) is 5.98. The van der Waals surface area contributed by atoms with Crippen LogP contribution in [0.4, 0.5) is 0 Å². The van der Waals surface area contributed by atoms with E-state index in [4.69, 9.17) is 16.3 Å². The second-order valence-electron chi connectivity index (χ2n) is 5.54. The molecule has 0 radical (unpaired) electrons. The van der Waals surface area contributed by atoms with Crippen LogP contribution in [0.15, 0.2) is 59.7 Å². The number of aromatic nitrogens is 2. The van der Waals surface area contributed by atoms with Crippen molar-refractivity contribution in [1.82, 2.24) is 15.6 Å². The molecule has 1 aromatic heterocycles. The number of rotatable bonds is 5. The van der Waals surface area contributed by atoms with E-state index in [2.05, 4.69) is 20.7 Å². The second kappa shape index (κ2) is 7.84. The van der Waals surface area contributed by atoms with Gasteiger partial charge in [-0.15, -0.1) is 0 Å². The summed E-state index contributed by atoms with van der Waals surface area (Å²) >= 11 is 5.88. The van der Waals surface area contributed by atoms with E-state index in [0.717, 1.165) is 16.9 Å². The van der Waals surface area contributed by atoms with Gasteiger partial charge in [0.1, 0.15) is 11.4 Å².